The van der Waals surface area contributed by atoms with E-state index in [0.29, 0.717) is 11.0 Å². The average Bonchev–Trinajstić information content (AvgIpc) is 2.00. The summed E-state index contributed by atoms with van der Waals surface area (Å²) in [6.45, 7) is 8.48. The predicted molar refractivity (Wildman–Crippen MR) is 56.4 cm³/mol. The van der Waals surface area contributed by atoms with Crippen LogP contribution >= 0.6 is 11.8 Å². The van der Waals surface area contributed by atoms with Gasteiger partial charge in [0.05, 0.1) is 0 Å². The third-order valence-electron chi connectivity index (χ3n) is 1.87. The van der Waals surface area contributed by atoms with Crippen molar-refractivity contribution in [3.8, 4) is 0 Å². The molecule has 0 N–H and O–H groups in total. The van der Waals surface area contributed by atoms with Crippen molar-refractivity contribution in [2.24, 2.45) is 11.8 Å². The summed E-state index contributed by atoms with van der Waals surface area (Å²) in [6, 6.07) is 0. The van der Waals surface area contributed by atoms with Crippen LogP contribution in [0.2, 0.25) is 0 Å². The molecule has 0 fully saturated rings. The van der Waals surface area contributed by atoms with Gasteiger partial charge in [0.15, 0.2) is 5.12 Å². The Kier molecular flexibility index (Phi) is 6.54. The smallest absolute Gasteiger partial charge is 0.192 e. The molecule has 0 rings (SSSR count). The molecule has 0 aromatic carbocycles. The van der Waals surface area contributed by atoms with Crippen molar-refractivity contribution < 1.29 is 4.79 Å². The van der Waals surface area contributed by atoms with Gasteiger partial charge in [-0.15, -0.1) is 0 Å². The van der Waals surface area contributed by atoms with Gasteiger partial charge in [0.2, 0.25) is 0 Å². The van der Waals surface area contributed by atoms with Gasteiger partial charge in [-0.25, -0.2) is 0 Å². The molecule has 12 heavy (non-hydrogen) atoms. The molecule has 0 aliphatic heterocycles. The van der Waals surface area contributed by atoms with Crippen molar-refractivity contribution in [3.63, 3.8) is 0 Å². The van der Waals surface area contributed by atoms with E-state index in [4.69, 9.17) is 0 Å². The average molecular weight is 188 g/mol. The maximum absolute atomic E-state index is 11.5. The Morgan fingerprint density at radius 3 is 2.25 bits per heavy atom. The van der Waals surface area contributed by atoms with Crippen LogP contribution in [0.5, 0.6) is 0 Å². The first kappa shape index (κ1) is 12.0. The molecule has 72 valence electrons. The lowest BCUT2D eigenvalue weighted by Gasteiger charge is -2.14. The summed E-state index contributed by atoms with van der Waals surface area (Å²) in [7, 11) is 0. The van der Waals surface area contributed by atoms with Gasteiger partial charge in [-0.3, -0.25) is 4.79 Å². The van der Waals surface area contributed by atoms with E-state index in [0.717, 1.165) is 18.6 Å². The molecule has 0 aliphatic rings. The van der Waals surface area contributed by atoms with E-state index in [1.807, 2.05) is 6.92 Å². The molecule has 1 unspecified atom stereocenters. The molecule has 1 atom stereocenters. The predicted octanol–water partition coefficient (Wildman–Crippen LogP) is 3.34. The maximum atomic E-state index is 11.5. The monoisotopic (exact) mass is 188 g/mol. The van der Waals surface area contributed by atoms with Gasteiger partial charge in [0.25, 0.3) is 0 Å². The highest BCUT2D eigenvalue weighted by Crippen LogP contribution is 2.21. The number of rotatable bonds is 5. The van der Waals surface area contributed by atoms with Crippen LogP contribution in [-0.2, 0) is 4.79 Å². The van der Waals surface area contributed by atoms with E-state index >= 15 is 0 Å². The fourth-order valence-corrected chi connectivity index (χ4v) is 2.04. The summed E-state index contributed by atoms with van der Waals surface area (Å²) in [6.07, 6.45) is 2.03. The highest BCUT2D eigenvalue weighted by atomic mass is 32.2. The van der Waals surface area contributed by atoms with E-state index in [9.17, 15) is 4.79 Å². The van der Waals surface area contributed by atoms with Gasteiger partial charge < -0.3 is 0 Å². The normalized spacial score (nSPS) is 13.4. The molecular formula is C10H20OS. The lowest BCUT2D eigenvalue weighted by molar-refractivity contribution is -0.114. The third kappa shape index (κ3) is 4.81. The fraction of sp³-hybridized carbons (Fsp3) is 0.900. The van der Waals surface area contributed by atoms with Gasteiger partial charge in [-0.1, -0.05) is 39.5 Å². The zero-order valence-electron chi connectivity index (χ0n) is 8.59. The maximum Gasteiger partial charge on any atom is 0.192 e. The number of carbonyl (C=O) groups is 1. The van der Waals surface area contributed by atoms with E-state index in [1.54, 1.807) is 0 Å². The number of carbonyl (C=O) groups excluding carboxylic acids is 1. The molecule has 2 heteroatoms. The second-order valence-electron chi connectivity index (χ2n) is 3.49. The van der Waals surface area contributed by atoms with Crippen molar-refractivity contribution in [2.45, 2.75) is 40.5 Å². The van der Waals surface area contributed by atoms with Crippen LogP contribution in [0, 0.1) is 11.8 Å². The molecule has 0 spiro atoms. The van der Waals surface area contributed by atoms with Crippen LogP contribution < -0.4 is 0 Å². The van der Waals surface area contributed by atoms with Crippen LogP contribution in [0.25, 0.3) is 0 Å². The largest absolute Gasteiger partial charge is 0.287 e. The summed E-state index contributed by atoms with van der Waals surface area (Å²) in [5.41, 5.74) is 0. The molecule has 1 nitrogen and oxygen atoms in total. The van der Waals surface area contributed by atoms with E-state index in [2.05, 4.69) is 20.8 Å². The lowest BCUT2D eigenvalue weighted by Crippen LogP contribution is -2.12. The van der Waals surface area contributed by atoms with Crippen LogP contribution in [0.15, 0.2) is 0 Å². The summed E-state index contributed by atoms with van der Waals surface area (Å²) in [5, 5.41) is 0.383. The zero-order valence-corrected chi connectivity index (χ0v) is 9.41. The van der Waals surface area contributed by atoms with Crippen LogP contribution in [0.1, 0.15) is 40.5 Å². The molecule has 0 heterocycles. The van der Waals surface area contributed by atoms with Gasteiger partial charge in [0, 0.05) is 5.92 Å². The summed E-state index contributed by atoms with van der Waals surface area (Å²) in [5.74, 6) is 1.83. The van der Waals surface area contributed by atoms with Gasteiger partial charge in [-0.2, -0.15) is 0 Å². The van der Waals surface area contributed by atoms with E-state index in [1.165, 1.54) is 11.8 Å². The zero-order chi connectivity index (χ0) is 9.56. The van der Waals surface area contributed by atoms with Crippen LogP contribution in [0.4, 0.5) is 0 Å². The van der Waals surface area contributed by atoms with Crippen molar-refractivity contribution in [1.29, 1.82) is 0 Å². The van der Waals surface area contributed by atoms with Crippen molar-refractivity contribution in [1.82, 2.24) is 0 Å². The molecule has 0 aliphatic carbocycles. The Morgan fingerprint density at radius 2 is 1.92 bits per heavy atom. The number of hydrogen-bond donors (Lipinski definition) is 0. The van der Waals surface area contributed by atoms with Gasteiger partial charge >= 0.3 is 0 Å². The Bertz CT molecular complexity index is 132. The van der Waals surface area contributed by atoms with E-state index in [-0.39, 0.29) is 5.92 Å². The molecule has 0 aromatic heterocycles. The first-order chi connectivity index (χ1) is 5.61. The standard InChI is InChI=1S/C10H20OS/c1-5-9(7-8(3)4)10(11)12-6-2/h8-9H,5-7H2,1-4H3. The highest BCUT2D eigenvalue weighted by molar-refractivity contribution is 8.13. The third-order valence-corrected chi connectivity index (χ3v) is 2.78. The molecular weight excluding hydrogens is 168 g/mol. The second-order valence-corrected chi connectivity index (χ2v) is 4.76. The van der Waals surface area contributed by atoms with Gasteiger partial charge in [0.1, 0.15) is 0 Å². The first-order valence-electron chi connectivity index (χ1n) is 4.78. The summed E-state index contributed by atoms with van der Waals surface area (Å²) in [4.78, 5) is 11.5. The quantitative estimate of drug-likeness (QED) is 0.658. The van der Waals surface area contributed by atoms with Crippen LogP contribution in [-0.4, -0.2) is 10.9 Å². The minimum atomic E-state index is 0.287. The number of thioether (sulfide) groups is 1. The molecule has 0 radical (unpaired) electrons. The van der Waals surface area contributed by atoms with Crippen molar-refractivity contribution in [3.05, 3.63) is 0 Å². The Hall–Kier alpha value is 0.0200. The van der Waals surface area contributed by atoms with Crippen LogP contribution in [0.3, 0.4) is 0 Å². The minimum Gasteiger partial charge on any atom is -0.287 e. The molecule has 0 saturated carbocycles. The Morgan fingerprint density at radius 1 is 1.33 bits per heavy atom. The molecule has 0 bridgehead atoms. The lowest BCUT2D eigenvalue weighted by atomic mass is 9.96. The van der Waals surface area contributed by atoms with Gasteiger partial charge in [-0.05, 0) is 24.5 Å². The Labute approximate surface area is 80.3 Å². The summed E-state index contributed by atoms with van der Waals surface area (Å²) < 4.78 is 0. The Balaban J connectivity index is 3.87. The molecule has 0 amide bonds. The minimum absolute atomic E-state index is 0.287. The topological polar surface area (TPSA) is 17.1 Å². The first-order valence-corrected chi connectivity index (χ1v) is 5.76. The SMILES string of the molecule is CCSC(=O)C(CC)CC(C)C. The fourth-order valence-electron chi connectivity index (χ4n) is 1.26. The number of hydrogen-bond acceptors (Lipinski definition) is 2. The highest BCUT2D eigenvalue weighted by Gasteiger charge is 2.16. The van der Waals surface area contributed by atoms with E-state index < -0.39 is 0 Å². The molecule has 0 saturated heterocycles. The molecule has 0 aromatic rings. The van der Waals surface area contributed by atoms with Crippen molar-refractivity contribution in [2.75, 3.05) is 5.75 Å². The summed E-state index contributed by atoms with van der Waals surface area (Å²) >= 11 is 1.47. The van der Waals surface area contributed by atoms with Crippen molar-refractivity contribution >= 4 is 16.9 Å². The second kappa shape index (κ2) is 6.53.